The van der Waals surface area contributed by atoms with Crippen molar-refractivity contribution in [3.8, 4) is 11.5 Å². The summed E-state index contributed by atoms with van der Waals surface area (Å²) in [5, 5.41) is 0. The maximum absolute atomic E-state index is 13.5. The van der Waals surface area contributed by atoms with Gasteiger partial charge >= 0.3 is 5.97 Å². The average molecular weight is 440 g/mol. The number of hydrogen-bond acceptors (Lipinski definition) is 4. The summed E-state index contributed by atoms with van der Waals surface area (Å²) < 4.78 is 10.9. The fourth-order valence-electron chi connectivity index (χ4n) is 3.83. The SMILES string of the molecule is CCc1ccc(N2C(=O)/C(=C\c3cccc(Oc4ccccc4)c3)C(C(=O)OC)=C2C)cc1. The van der Waals surface area contributed by atoms with Gasteiger partial charge in [0.05, 0.1) is 18.3 Å². The van der Waals surface area contributed by atoms with E-state index in [4.69, 9.17) is 9.47 Å². The van der Waals surface area contributed by atoms with Crippen molar-refractivity contribution in [3.63, 3.8) is 0 Å². The predicted octanol–water partition coefficient (Wildman–Crippen LogP) is 5.92. The summed E-state index contributed by atoms with van der Waals surface area (Å²) >= 11 is 0. The molecule has 0 fully saturated rings. The Balaban J connectivity index is 1.72. The second-order valence-electron chi connectivity index (χ2n) is 7.66. The van der Waals surface area contributed by atoms with Gasteiger partial charge in [0.2, 0.25) is 0 Å². The summed E-state index contributed by atoms with van der Waals surface area (Å²) in [6, 6.07) is 24.6. The van der Waals surface area contributed by atoms with Crippen LogP contribution in [-0.2, 0) is 20.7 Å². The Labute approximate surface area is 193 Å². The lowest BCUT2D eigenvalue weighted by molar-refractivity contribution is -0.136. The van der Waals surface area contributed by atoms with E-state index in [2.05, 4.69) is 6.92 Å². The molecule has 0 saturated heterocycles. The van der Waals surface area contributed by atoms with Crippen LogP contribution in [0.5, 0.6) is 11.5 Å². The molecule has 1 heterocycles. The minimum Gasteiger partial charge on any atom is -0.465 e. The van der Waals surface area contributed by atoms with E-state index in [9.17, 15) is 9.59 Å². The van der Waals surface area contributed by atoms with Crippen molar-refractivity contribution in [1.29, 1.82) is 0 Å². The van der Waals surface area contributed by atoms with Gasteiger partial charge in [-0.3, -0.25) is 9.69 Å². The number of rotatable bonds is 6. The Morgan fingerprint density at radius 3 is 2.30 bits per heavy atom. The normalized spacial score (nSPS) is 14.7. The molecule has 1 aliphatic heterocycles. The first-order valence-electron chi connectivity index (χ1n) is 10.8. The van der Waals surface area contributed by atoms with Crippen molar-refractivity contribution in [2.45, 2.75) is 20.3 Å². The summed E-state index contributed by atoms with van der Waals surface area (Å²) in [7, 11) is 1.32. The van der Waals surface area contributed by atoms with Gasteiger partial charge in [0.15, 0.2) is 0 Å². The van der Waals surface area contributed by atoms with E-state index < -0.39 is 5.97 Å². The largest absolute Gasteiger partial charge is 0.465 e. The molecule has 0 unspecified atom stereocenters. The first-order chi connectivity index (χ1) is 16.0. The van der Waals surface area contributed by atoms with Crippen LogP contribution >= 0.6 is 0 Å². The van der Waals surface area contributed by atoms with E-state index in [0.29, 0.717) is 22.9 Å². The molecular weight excluding hydrogens is 414 g/mol. The highest BCUT2D eigenvalue weighted by Crippen LogP contribution is 2.36. The maximum atomic E-state index is 13.5. The van der Waals surface area contributed by atoms with Crippen molar-refractivity contribution in [2.24, 2.45) is 0 Å². The Kier molecular flexibility index (Phi) is 6.41. The number of carbonyl (C=O) groups is 2. The molecule has 0 spiro atoms. The quantitative estimate of drug-likeness (QED) is 0.353. The molecule has 0 aliphatic carbocycles. The molecule has 0 atom stereocenters. The highest BCUT2D eigenvalue weighted by molar-refractivity contribution is 6.23. The Morgan fingerprint density at radius 1 is 0.939 bits per heavy atom. The number of anilines is 1. The minimum absolute atomic E-state index is 0.261. The summed E-state index contributed by atoms with van der Waals surface area (Å²) in [6.45, 7) is 3.83. The number of benzene rings is 3. The molecule has 5 nitrogen and oxygen atoms in total. The lowest BCUT2D eigenvalue weighted by atomic mass is 10.0. The van der Waals surface area contributed by atoms with Crippen molar-refractivity contribution in [1.82, 2.24) is 0 Å². The Morgan fingerprint density at radius 2 is 1.64 bits per heavy atom. The van der Waals surface area contributed by atoms with Gasteiger partial charge in [-0.2, -0.15) is 0 Å². The van der Waals surface area contributed by atoms with Crippen molar-refractivity contribution < 1.29 is 19.1 Å². The summed E-state index contributed by atoms with van der Waals surface area (Å²) in [5.74, 6) is 0.531. The molecule has 33 heavy (non-hydrogen) atoms. The van der Waals surface area contributed by atoms with E-state index >= 15 is 0 Å². The number of allylic oxidation sites excluding steroid dienone is 1. The highest BCUT2D eigenvalue weighted by Gasteiger charge is 2.37. The van der Waals surface area contributed by atoms with Gasteiger partial charge in [0, 0.05) is 11.4 Å². The Bertz CT molecular complexity index is 1240. The second-order valence-corrected chi connectivity index (χ2v) is 7.66. The number of amides is 1. The van der Waals surface area contributed by atoms with Crippen LogP contribution in [0.3, 0.4) is 0 Å². The molecule has 0 radical (unpaired) electrons. The van der Waals surface area contributed by atoms with Gasteiger partial charge in [-0.25, -0.2) is 4.79 Å². The monoisotopic (exact) mass is 439 g/mol. The van der Waals surface area contributed by atoms with Crippen LogP contribution in [0.4, 0.5) is 5.69 Å². The molecule has 5 heteroatoms. The number of esters is 1. The molecule has 166 valence electrons. The number of hydrogen-bond donors (Lipinski definition) is 0. The lowest BCUT2D eigenvalue weighted by Crippen LogP contribution is -2.24. The van der Waals surface area contributed by atoms with Gasteiger partial charge < -0.3 is 9.47 Å². The Hall–Kier alpha value is -4.12. The average Bonchev–Trinajstić information content (AvgIpc) is 3.08. The number of methoxy groups -OCH3 is 1. The standard InChI is InChI=1S/C28H25NO4/c1-4-20-13-15-22(16-14-20)29-19(2)26(28(31)32-3)25(27(29)30)18-21-9-8-12-24(17-21)33-23-10-6-5-7-11-23/h5-18H,4H2,1-3H3/b25-18-. The van der Waals surface area contributed by atoms with Gasteiger partial charge in [-0.05, 0) is 66.9 Å². The van der Waals surface area contributed by atoms with Crippen molar-refractivity contribution in [3.05, 3.63) is 107 Å². The topological polar surface area (TPSA) is 55.8 Å². The number of aryl methyl sites for hydroxylation is 1. The molecule has 1 aliphatic rings. The molecule has 0 N–H and O–H groups in total. The fourth-order valence-corrected chi connectivity index (χ4v) is 3.83. The van der Waals surface area contributed by atoms with E-state index in [1.807, 2.05) is 78.9 Å². The lowest BCUT2D eigenvalue weighted by Gasteiger charge is -2.18. The number of nitrogens with zero attached hydrogens (tertiary/aromatic N) is 1. The zero-order chi connectivity index (χ0) is 23.4. The zero-order valence-corrected chi connectivity index (χ0v) is 18.9. The predicted molar refractivity (Wildman–Crippen MR) is 129 cm³/mol. The first-order valence-corrected chi connectivity index (χ1v) is 10.8. The second kappa shape index (κ2) is 9.57. The minimum atomic E-state index is -0.545. The summed E-state index contributed by atoms with van der Waals surface area (Å²) in [6.07, 6.45) is 2.61. The van der Waals surface area contributed by atoms with Gasteiger partial charge in [0.25, 0.3) is 5.91 Å². The molecule has 1 amide bonds. The summed E-state index contributed by atoms with van der Waals surface area (Å²) in [4.78, 5) is 27.6. The smallest absolute Gasteiger partial charge is 0.340 e. The summed E-state index contributed by atoms with van der Waals surface area (Å²) in [5.41, 5.74) is 3.71. The molecule has 3 aromatic rings. The van der Waals surface area contributed by atoms with E-state index in [0.717, 1.165) is 12.0 Å². The van der Waals surface area contributed by atoms with Crippen LogP contribution in [0.2, 0.25) is 0 Å². The van der Waals surface area contributed by atoms with Crippen LogP contribution in [0.15, 0.2) is 95.7 Å². The van der Waals surface area contributed by atoms with Crippen LogP contribution in [-0.4, -0.2) is 19.0 Å². The molecule has 0 bridgehead atoms. The number of ether oxygens (including phenoxy) is 2. The van der Waals surface area contributed by atoms with Crippen LogP contribution in [0.25, 0.3) is 6.08 Å². The zero-order valence-electron chi connectivity index (χ0n) is 18.9. The third-order valence-electron chi connectivity index (χ3n) is 5.54. The third kappa shape index (κ3) is 4.58. The molecule has 0 saturated carbocycles. The molecule has 3 aromatic carbocycles. The van der Waals surface area contributed by atoms with E-state index in [1.54, 1.807) is 17.9 Å². The maximum Gasteiger partial charge on any atom is 0.340 e. The van der Waals surface area contributed by atoms with E-state index in [-0.39, 0.29) is 17.1 Å². The van der Waals surface area contributed by atoms with Crippen molar-refractivity contribution in [2.75, 3.05) is 12.0 Å². The van der Waals surface area contributed by atoms with Gasteiger partial charge in [-0.1, -0.05) is 49.4 Å². The first kappa shape index (κ1) is 22.1. The highest BCUT2D eigenvalue weighted by atomic mass is 16.5. The van der Waals surface area contributed by atoms with Crippen LogP contribution in [0.1, 0.15) is 25.0 Å². The molecule has 0 aromatic heterocycles. The number of para-hydroxylation sites is 1. The van der Waals surface area contributed by atoms with E-state index in [1.165, 1.54) is 12.7 Å². The third-order valence-corrected chi connectivity index (χ3v) is 5.54. The molecule has 4 rings (SSSR count). The van der Waals surface area contributed by atoms with Gasteiger partial charge in [0.1, 0.15) is 11.5 Å². The fraction of sp³-hybridized carbons (Fsp3) is 0.143. The number of carbonyl (C=O) groups excluding carboxylic acids is 2. The van der Waals surface area contributed by atoms with Gasteiger partial charge in [-0.15, -0.1) is 0 Å². The van der Waals surface area contributed by atoms with Crippen LogP contribution in [0, 0.1) is 0 Å². The van der Waals surface area contributed by atoms with Crippen LogP contribution < -0.4 is 9.64 Å². The molecular formula is C28H25NO4. The van der Waals surface area contributed by atoms with Crippen molar-refractivity contribution >= 4 is 23.6 Å².